The van der Waals surface area contributed by atoms with Gasteiger partial charge in [0.05, 0.1) is 11.1 Å². The maximum absolute atomic E-state index is 13.0. The average molecular weight is 335 g/mol. The second-order valence-corrected chi connectivity index (χ2v) is 6.22. The molecule has 0 atom stereocenters. The van der Waals surface area contributed by atoms with Crippen LogP contribution in [0.4, 0.5) is 10.1 Å². The molecule has 0 spiro atoms. The molecule has 0 aliphatic heterocycles. The third-order valence-electron chi connectivity index (χ3n) is 2.76. The van der Waals surface area contributed by atoms with E-state index in [-0.39, 0.29) is 17.2 Å². The molecule has 8 heteroatoms. The molecular weight excluding hydrogens is 325 g/mol. The van der Waals surface area contributed by atoms with E-state index < -0.39 is 5.82 Å². The van der Waals surface area contributed by atoms with Crippen molar-refractivity contribution in [2.75, 3.05) is 11.1 Å². The number of thiophene rings is 1. The lowest BCUT2D eigenvalue weighted by Gasteiger charge is -2.04. The van der Waals surface area contributed by atoms with E-state index in [1.54, 1.807) is 17.5 Å². The standard InChI is InChI=1S/C14H10FN3O2S2/c15-8-2-1-3-9(6-8)16-11(19)7-22-14-17-12(20)10-4-5-21-13(10)18-14/h1-6H,7H2,(H,16,19)(H,17,18,20). The molecule has 0 fully saturated rings. The van der Waals surface area contributed by atoms with Crippen molar-refractivity contribution in [3.63, 3.8) is 0 Å². The van der Waals surface area contributed by atoms with Crippen molar-refractivity contribution < 1.29 is 9.18 Å². The molecule has 2 aromatic heterocycles. The summed E-state index contributed by atoms with van der Waals surface area (Å²) >= 11 is 2.49. The Kier molecular flexibility index (Phi) is 4.21. The van der Waals surface area contributed by atoms with Gasteiger partial charge < -0.3 is 10.3 Å². The minimum Gasteiger partial charge on any atom is -0.325 e. The maximum atomic E-state index is 13.0. The quantitative estimate of drug-likeness (QED) is 0.568. The summed E-state index contributed by atoms with van der Waals surface area (Å²) in [5.41, 5.74) is 0.167. The fraction of sp³-hybridized carbons (Fsp3) is 0.0714. The summed E-state index contributed by atoms with van der Waals surface area (Å²) in [6.45, 7) is 0. The highest BCUT2D eigenvalue weighted by atomic mass is 32.2. The Morgan fingerprint density at radius 1 is 1.41 bits per heavy atom. The van der Waals surface area contributed by atoms with Crippen LogP contribution in [-0.4, -0.2) is 21.6 Å². The van der Waals surface area contributed by atoms with Gasteiger partial charge in [0.1, 0.15) is 10.6 Å². The molecule has 1 aromatic carbocycles. The fourth-order valence-electron chi connectivity index (χ4n) is 1.81. The van der Waals surface area contributed by atoms with Crippen LogP contribution < -0.4 is 10.9 Å². The molecule has 0 aliphatic rings. The average Bonchev–Trinajstić information content (AvgIpc) is 2.94. The molecule has 0 unspecified atom stereocenters. The van der Waals surface area contributed by atoms with Crippen LogP contribution in [0.5, 0.6) is 0 Å². The second kappa shape index (κ2) is 6.29. The smallest absolute Gasteiger partial charge is 0.260 e. The highest BCUT2D eigenvalue weighted by Crippen LogP contribution is 2.19. The predicted octanol–water partition coefficient (Wildman–Crippen LogP) is 2.85. The Bertz CT molecular complexity index is 891. The summed E-state index contributed by atoms with van der Waals surface area (Å²) < 4.78 is 13.0. The number of benzene rings is 1. The van der Waals surface area contributed by atoms with Crippen LogP contribution in [0.1, 0.15) is 0 Å². The zero-order chi connectivity index (χ0) is 15.5. The van der Waals surface area contributed by atoms with Gasteiger partial charge in [-0.25, -0.2) is 9.37 Å². The summed E-state index contributed by atoms with van der Waals surface area (Å²) in [6.07, 6.45) is 0. The first-order chi connectivity index (χ1) is 10.6. The van der Waals surface area contributed by atoms with Gasteiger partial charge in [0, 0.05) is 5.69 Å². The lowest BCUT2D eigenvalue weighted by atomic mass is 10.3. The molecule has 22 heavy (non-hydrogen) atoms. The van der Waals surface area contributed by atoms with Gasteiger partial charge >= 0.3 is 0 Å². The number of nitrogens with one attached hydrogen (secondary N) is 2. The zero-order valence-electron chi connectivity index (χ0n) is 11.1. The number of thioether (sulfide) groups is 1. The molecule has 3 rings (SSSR count). The summed E-state index contributed by atoms with van der Waals surface area (Å²) in [6, 6.07) is 7.36. The third-order valence-corrected chi connectivity index (χ3v) is 4.44. The first kappa shape index (κ1) is 14.7. The number of carbonyl (C=O) groups is 1. The number of nitrogens with zero attached hydrogens (tertiary/aromatic N) is 1. The van der Waals surface area contributed by atoms with Crippen molar-refractivity contribution in [3.8, 4) is 0 Å². The molecule has 5 nitrogen and oxygen atoms in total. The molecule has 0 aliphatic carbocycles. The number of fused-ring (bicyclic) bond motifs is 1. The predicted molar refractivity (Wildman–Crippen MR) is 86.0 cm³/mol. The van der Waals surface area contributed by atoms with E-state index in [4.69, 9.17) is 0 Å². The Morgan fingerprint density at radius 2 is 2.27 bits per heavy atom. The Labute approximate surface area is 132 Å². The number of hydrogen-bond acceptors (Lipinski definition) is 5. The van der Waals surface area contributed by atoms with Crippen LogP contribution in [-0.2, 0) is 4.79 Å². The lowest BCUT2D eigenvalue weighted by Crippen LogP contribution is -2.15. The minimum absolute atomic E-state index is 0.0658. The van der Waals surface area contributed by atoms with Crippen LogP contribution in [0.3, 0.4) is 0 Å². The first-order valence-corrected chi connectivity index (χ1v) is 8.14. The summed E-state index contributed by atoms with van der Waals surface area (Å²) in [7, 11) is 0. The van der Waals surface area contributed by atoms with Gasteiger partial charge in [-0.1, -0.05) is 17.8 Å². The molecule has 112 valence electrons. The van der Waals surface area contributed by atoms with Gasteiger partial charge in [0.15, 0.2) is 5.16 Å². The fourth-order valence-corrected chi connectivity index (χ4v) is 3.29. The number of H-pyrrole nitrogens is 1. The Hall–Kier alpha value is -2.19. The van der Waals surface area contributed by atoms with Gasteiger partial charge in [-0.2, -0.15) is 0 Å². The van der Waals surface area contributed by atoms with Gasteiger partial charge in [0.25, 0.3) is 5.56 Å². The molecule has 0 saturated heterocycles. The Balaban J connectivity index is 1.66. The highest BCUT2D eigenvalue weighted by molar-refractivity contribution is 7.99. The number of amides is 1. The molecule has 1 amide bonds. The van der Waals surface area contributed by atoms with E-state index in [9.17, 15) is 14.0 Å². The van der Waals surface area contributed by atoms with Gasteiger partial charge in [-0.3, -0.25) is 9.59 Å². The van der Waals surface area contributed by atoms with Crippen LogP contribution in [0.25, 0.3) is 10.2 Å². The number of halogens is 1. The lowest BCUT2D eigenvalue weighted by molar-refractivity contribution is -0.113. The first-order valence-electron chi connectivity index (χ1n) is 6.27. The normalized spacial score (nSPS) is 10.8. The topological polar surface area (TPSA) is 74.8 Å². The highest BCUT2D eigenvalue weighted by Gasteiger charge is 2.08. The van der Waals surface area contributed by atoms with Crippen LogP contribution in [0.2, 0.25) is 0 Å². The van der Waals surface area contributed by atoms with Crippen molar-refractivity contribution in [3.05, 3.63) is 51.9 Å². The molecule has 2 heterocycles. The van der Waals surface area contributed by atoms with Crippen molar-refractivity contribution in [2.24, 2.45) is 0 Å². The van der Waals surface area contributed by atoms with Crippen molar-refractivity contribution in [1.29, 1.82) is 0 Å². The molecular formula is C14H10FN3O2S2. The summed E-state index contributed by atoms with van der Waals surface area (Å²) in [4.78, 5) is 31.2. The number of rotatable bonds is 4. The zero-order valence-corrected chi connectivity index (χ0v) is 12.8. The Morgan fingerprint density at radius 3 is 3.09 bits per heavy atom. The largest absolute Gasteiger partial charge is 0.325 e. The number of hydrogen-bond donors (Lipinski definition) is 2. The van der Waals surface area contributed by atoms with E-state index in [0.717, 1.165) is 11.8 Å². The minimum atomic E-state index is -0.417. The summed E-state index contributed by atoms with van der Waals surface area (Å²) in [5, 5.41) is 5.30. The van der Waals surface area contributed by atoms with E-state index >= 15 is 0 Å². The maximum Gasteiger partial charge on any atom is 0.260 e. The van der Waals surface area contributed by atoms with E-state index in [1.807, 2.05) is 0 Å². The van der Waals surface area contributed by atoms with Gasteiger partial charge in [-0.05, 0) is 29.6 Å². The third kappa shape index (κ3) is 3.34. The number of anilines is 1. The second-order valence-electron chi connectivity index (χ2n) is 4.36. The molecule has 2 N–H and O–H groups in total. The molecule has 0 saturated carbocycles. The van der Waals surface area contributed by atoms with E-state index in [0.29, 0.717) is 21.1 Å². The van der Waals surface area contributed by atoms with Crippen LogP contribution >= 0.6 is 23.1 Å². The van der Waals surface area contributed by atoms with E-state index in [1.165, 1.54) is 29.5 Å². The van der Waals surface area contributed by atoms with Gasteiger partial charge in [-0.15, -0.1) is 11.3 Å². The number of aromatic amines is 1. The van der Waals surface area contributed by atoms with Crippen molar-refractivity contribution >= 4 is 44.9 Å². The monoisotopic (exact) mass is 335 g/mol. The molecule has 0 bridgehead atoms. The van der Waals surface area contributed by atoms with Crippen molar-refractivity contribution in [1.82, 2.24) is 9.97 Å². The number of aromatic nitrogens is 2. The van der Waals surface area contributed by atoms with Gasteiger partial charge in [0.2, 0.25) is 5.91 Å². The summed E-state index contributed by atoms with van der Waals surface area (Å²) in [5.74, 6) is -0.653. The number of carbonyl (C=O) groups excluding carboxylic acids is 1. The SMILES string of the molecule is O=C(CSc1nc2sccc2c(=O)[nH]1)Nc1cccc(F)c1. The molecule has 0 radical (unpaired) electrons. The molecule has 3 aromatic rings. The van der Waals surface area contributed by atoms with E-state index in [2.05, 4.69) is 15.3 Å². The van der Waals surface area contributed by atoms with Crippen LogP contribution in [0.15, 0.2) is 45.7 Å². The van der Waals surface area contributed by atoms with Crippen LogP contribution in [0, 0.1) is 5.82 Å². The van der Waals surface area contributed by atoms with Crippen molar-refractivity contribution in [2.45, 2.75) is 5.16 Å².